The minimum absolute atomic E-state index is 0.285. The van der Waals surface area contributed by atoms with Crippen molar-refractivity contribution in [1.82, 2.24) is 9.55 Å². The Hall–Kier alpha value is -0.870. The van der Waals surface area contributed by atoms with Crippen molar-refractivity contribution in [3.05, 3.63) is 18.2 Å². The third kappa shape index (κ3) is 2.56. The highest BCUT2D eigenvalue weighted by molar-refractivity contribution is 4.98. The van der Waals surface area contributed by atoms with Crippen LogP contribution in [0.2, 0.25) is 0 Å². The van der Waals surface area contributed by atoms with Crippen LogP contribution >= 0.6 is 0 Å². The van der Waals surface area contributed by atoms with Crippen LogP contribution in [0.3, 0.4) is 0 Å². The van der Waals surface area contributed by atoms with E-state index >= 15 is 0 Å². The lowest BCUT2D eigenvalue weighted by Crippen LogP contribution is -2.40. The molecule has 14 heavy (non-hydrogen) atoms. The number of nitrogens with zero attached hydrogens (tertiary/aromatic N) is 2. The number of hydrogen-bond acceptors (Lipinski definition) is 3. The van der Waals surface area contributed by atoms with Gasteiger partial charge in [-0.1, -0.05) is 13.3 Å². The van der Waals surface area contributed by atoms with Crippen LogP contribution in [0.15, 0.2) is 12.4 Å². The monoisotopic (exact) mass is 197 g/mol. The van der Waals surface area contributed by atoms with Gasteiger partial charge in [-0.3, -0.25) is 0 Å². The summed E-state index contributed by atoms with van der Waals surface area (Å²) in [5, 5.41) is 10.1. The molecule has 0 amide bonds. The van der Waals surface area contributed by atoms with E-state index in [1.807, 2.05) is 24.7 Å². The van der Waals surface area contributed by atoms with Gasteiger partial charge in [0.2, 0.25) is 0 Å². The van der Waals surface area contributed by atoms with Crippen molar-refractivity contribution in [2.75, 3.05) is 6.54 Å². The molecule has 4 heteroatoms. The Labute approximate surface area is 84.8 Å². The van der Waals surface area contributed by atoms with E-state index in [4.69, 9.17) is 5.73 Å². The summed E-state index contributed by atoms with van der Waals surface area (Å²) in [5.41, 5.74) is 4.77. The topological polar surface area (TPSA) is 64.1 Å². The van der Waals surface area contributed by atoms with Gasteiger partial charge in [-0.25, -0.2) is 4.98 Å². The fourth-order valence-corrected chi connectivity index (χ4v) is 1.59. The zero-order valence-corrected chi connectivity index (χ0v) is 8.90. The minimum Gasteiger partial charge on any atom is -0.388 e. The molecular formula is C10H19N3O. The molecular weight excluding hydrogens is 178 g/mol. The maximum atomic E-state index is 10.1. The van der Waals surface area contributed by atoms with E-state index in [1.165, 1.54) is 0 Å². The molecule has 0 bridgehead atoms. The van der Waals surface area contributed by atoms with Crippen LogP contribution in [0.25, 0.3) is 0 Å². The highest BCUT2D eigenvalue weighted by Crippen LogP contribution is 2.16. The first-order chi connectivity index (χ1) is 6.61. The standard InChI is InChI=1S/C10H19N3O/c1-3-4-10(14,8-11)7-9-12-5-6-13(9)2/h5-6,14H,3-4,7-8,11H2,1-2H3. The largest absolute Gasteiger partial charge is 0.388 e. The normalized spacial score (nSPS) is 15.4. The molecule has 1 atom stereocenters. The smallest absolute Gasteiger partial charge is 0.111 e. The molecule has 4 nitrogen and oxygen atoms in total. The van der Waals surface area contributed by atoms with E-state index in [2.05, 4.69) is 4.98 Å². The number of nitrogens with two attached hydrogens (primary N) is 1. The summed E-state index contributed by atoms with van der Waals surface area (Å²) in [6.07, 6.45) is 5.78. The summed E-state index contributed by atoms with van der Waals surface area (Å²) in [6.45, 7) is 2.33. The maximum Gasteiger partial charge on any atom is 0.111 e. The number of aromatic nitrogens is 2. The van der Waals surface area contributed by atoms with E-state index in [-0.39, 0.29) is 6.54 Å². The molecule has 1 aromatic heterocycles. The minimum atomic E-state index is -0.798. The lowest BCUT2D eigenvalue weighted by Gasteiger charge is -2.25. The first-order valence-corrected chi connectivity index (χ1v) is 5.00. The van der Waals surface area contributed by atoms with Crippen molar-refractivity contribution in [3.8, 4) is 0 Å². The number of aryl methyl sites for hydroxylation is 1. The molecule has 0 fully saturated rings. The Balaban J connectivity index is 2.69. The molecule has 0 spiro atoms. The number of aliphatic hydroxyl groups is 1. The molecule has 1 rings (SSSR count). The van der Waals surface area contributed by atoms with E-state index in [0.29, 0.717) is 6.42 Å². The van der Waals surface area contributed by atoms with Crippen molar-refractivity contribution >= 4 is 0 Å². The summed E-state index contributed by atoms with van der Waals surface area (Å²) >= 11 is 0. The fourth-order valence-electron chi connectivity index (χ4n) is 1.59. The Morgan fingerprint density at radius 1 is 1.64 bits per heavy atom. The predicted octanol–water partition coefficient (Wildman–Crippen LogP) is 0.452. The van der Waals surface area contributed by atoms with Gasteiger partial charge in [0.1, 0.15) is 5.82 Å². The zero-order chi connectivity index (χ0) is 10.6. The van der Waals surface area contributed by atoms with Gasteiger partial charge in [0.05, 0.1) is 5.60 Å². The van der Waals surface area contributed by atoms with E-state index in [9.17, 15) is 5.11 Å². The lowest BCUT2D eigenvalue weighted by molar-refractivity contribution is 0.0373. The van der Waals surface area contributed by atoms with Crippen LogP contribution in [-0.2, 0) is 13.5 Å². The molecule has 3 N–H and O–H groups in total. The van der Waals surface area contributed by atoms with Gasteiger partial charge in [0.15, 0.2) is 0 Å². The second-order valence-electron chi connectivity index (χ2n) is 3.81. The molecule has 0 saturated heterocycles. The van der Waals surface area contributed by atoms with Gasteiger partial charge in [-0.2, -0.15) is 0 Å². The SMILES string of the molecule is CCCC(O)(CN)Cc1nccn1C. The second-order valence-corrected chi connectivity index (χ2v) is 3.81. The molecule has 80 valence electrons. The summed E-state index contributed by atoms with van der Waals surface area (Å²) < 4.78 is 1.91. The van der Waals surface area contributed by atoms with Gasteiger partial charge in [0.25, 0.3) is 0 Å². The predicted molar refractivity (Wildman–Crippen MR) is 55.8 cm³/mol. The van der Waals surface area contributed by atoms with Crippen molar-refractivity contribution < 1.29 is 5.11 Å². The highest BCUT2D eigenvalue weighted by Gasteiger charge is 2.25. The zero-order valence-electron chi connectivity index (χ0n) is 8.90. The summed E-state index contributed by atoms with van der Waals surface area (Å²) in [6, 6.07) is 0. The van der Waals surface area contributed by atoms with E-state index in [1.54, 1.807) is 6.20 Å². The van der Waals surface area contributed by atoms with Gasteiger partial charge in [-0.15, -0.1) is 0 Å². The van der Waals surface area contributed by atoms with Crippen molar-refractivity contribution in [2.24, 2.45) is 12.8 Å². The van der Waals surface area contributed by atoms with Crippen LogP contribution in [-0.4, -0.2) is 26.8 Å². The first kappa shape index (κ1) is 11.2. The molecule has 0 aliphatic heterocycles. The summed E-state index contributed by atoms with van der Waals surface area (Å²) in [7, 11) is 1.92. The van der Waals surface area contributed by atoms with Crippen LogP contribution in [0.4, 0.5) is 0 Å². The summed E-state index contributed by atoms with van der Waals surface area (Å²) in [4.78, 5) is 4.18. The quantitative estimate of drug-likeness (QED) is 0.720. The molecule has 0 saturated carbocycles. The molecule has 0 aromatic carbocycles. The van der Waals surface area contributed by atoms with E-state index < -0.39 is 5.60 Å². The van der Waals surface area contributed by atoms with Crippen molar-refractivity contribution in [1.29, 1.82) is 0 Å². The molecule has 1 aromatic rings. The van der Waals surface area contributed by atoms with Gasteiger partial charge in [-0.05, 0) is 6.42 Å². The lowest BCUT2D eigenvalue weighted by atomic mass is 9.94. The molecule has 0 radical (unpaired) electrons. The van der Waals surface area contributed by atoms with Gasteiger partial charge >= 0.3 is 0 Å². The molecule has 1 unspecified atom stereocenters. The average Bonchev–Trinajstić information content (AvgIpc) is 2.52. The maximum absolute atomic E-state index is 10.1. The van der Waals surface area contributed by atoms with Gasteiger partial charge in [0, 0.05) is 32.4 Å². The second kappa shape index (κ2) is 4.57. The summed E-state index contributed by atoms with van der Waals surface area (Å²) in [5.74, 6) is 0.881. The third-order valence-electron chi connectivity index (χ3n) is 2.50. The first-order valence-electron chi connectivity index (χ1n) is 5.00. The molecule has 0 aliphatic carbocycles. The van der Waals surface area contributed by atoms with Crippen LogP contribution in [0.1, 0.15) is 25.6 Å². The Kier molecular flexibility index (Phi) is 3.66. The van der Waals surface area contributed by atoms with Crippen molar-refractivity contribution in [2.45, 2.75) is 31.8 Å². The number of hydrogen-bond donors (Lipinski definition) is 2. The highest BCUT2D eigenvalue weighted by atomic mass is 16.3. The van der Waals surface area contributed by atoms with Crippen LogP contribution in [0, 0.1) is 0 Å². The van der Waals surface area contributed by atoms with Crippen LogP contribution in [0.5, 0.6) is 0 Å². The average molecular weight is 197 g/mol. The molecule has 0 aliphatic rings. The van der Waals surface area contributed by atoms with Crippen LogP contribution < -0.4 is 5.73 Å². The Bertz CT molecular complexity index is 285. The fraction of sp³-hybridized carbons (Fsp3) is 0.700. The Morgan fingerprint density at radius 2 is 2.36 bits per heavy atom. The van der Waals surface area contributed by atoms with Crippen molar-refractivity contribution in [3.63, 3.8) is 0 Å². The molecule has 1 heterocycles. The number of rotatable bonds is 5. The Morgan fingerprint density at radius 3 is 2.79 bits per heavy atom. The number of imidazole rings is 1. The van der Waals surface area contributed by atoms with Gasteiger partial charge < -0.3 is 15.4 Å². The third-order valence-corrected chi connectivity index (χ3v) is 2.50. The van der Waals surface area contributed by atoms with E-state index in [0.717, 1.165) is 18.7 Å².